The van der Waals surface area contributed by atoms with Crippen molar-refractivity contribution in [3.8, 4) is 0 Å². The Morgan fingerprint density at radius 1 is 0.750 bits per heavy atom. The van der Waals surface area contributed by atoms with Gasteiger partial charge in [0.1, 0.15) is 0 Å². The van der Waals surface area contributed by atoms with Gasteiger partial charge in [0.2, 0.25) is 0 Å². The summed E-state index contributed by atoms with van der Waals surface area (Å²) in [4.78, 5) is 0. The molecule has 1 radical (unpaired) electrons. The molecule has 2 N–H and O–H groups in total. The van der Waals surface area contributed by atoms with Crippen molar-refractivity contribution in [2.24, 2.45) is 0 Å². The van der Waals surface area contributed by atoms with Gasteiger partial charge in [0.05, 0.1) is 0 Å². The van der Waals surface area contributed by atoms with Crippen molar-refractivity contribution in [2.75, 3.05) is 0 Å². The Hall–Kier alpha value is 1.86. The second-order valence-electron chi connectivity index (χ2n) is 0. The third-order valence-corrected chi connectivity index (χ3v) is 0. The molecular weight excluding hydrogens is 256 g/mol. The van der Waals surface area contributed by atoms with E-state index in [-0.39, 0.29) is 68.2 Å². The van der Waals surface area contributed by atoms with Crippen LogP contribution in [0.2, 0.25) is 0 Å². The molecule has 17 valence electrons. The van der Waals surface area contributed by atoms with E-state index in [1.807, 2.05) is 0 Å². The van der Waals surface area contributed by atoms with Gasteiger partial charge in [0.25, 0.3) is 0 Å². The summed E-state index contributed by atoms with van der Waals surface area (Å²) in [5.41, 5.74) is 0. The Labute approximate surface area is 67.4 Å². The quantitative estimate of drug-likeness (QED) is 0.426. The normalized spacial score (nSPS) is 0. The SMILES string of the molecule is [Hg+].[Na+].[OH-].[OH-]. The van der Waals surface area contributed by atoms with Crippen LogP contribution in [0.15, 0.2) is 0 Å². The van der Waals surface area contributed by atoms with Crippen molar-refractivity contribution in [1.82, 2.24) is 0 Å². The summed E-state index contributed by atoms with van der Waals surface area (Å²) >= 11 is 0. The minimum Gasteiger partial charge on any atom is -0.870 e. The van der Waals surface area contributed by atoms with Gasteiger partial charge in [-0.2, -0.15) is 0 Å². The first-order valence-electron chi connectivity index (χ1n) is 0. The van der Waals surface area contributed by atoms with Crippen molar-refractivity contribution < 1.29 is 68.2 Å². The van der Waals surface area contributed by atoms with Gasteiger partial charge in [0, 0.05) is 0 Å². The van der Waals surface area contributed by atoms with E-state index < -0.39 is 0 Å². The van der Waals surface area contributed by atoms with Crippen LogP contribution in [0.4, 0.5) is 0 Å². The largest absolute Gasteiger partial charge is 1.00 e. The van der Waals surface area contributed by atoms with Crippen LogP contribution in [0.5, 0.6) is 0 Å². The van der Waals surface area contributed by atoms with Crippen molar-refractivity contribution in [1.29, 1.82) is 0 Å². The third kappa shape index (κ3) is 9.13. The molecule has 2 nitrogen and oxygen atoms in total. The van der Waals surface area contributed by atoms with E-state index in [9.17, 15) is 0 Å². The van der Waals surface area contributed by atoms with Gasteiger partial charge in [-0.3, -0.25) is 0 Å². The molecule has 0 fully saturated rings. The molecule has 0 unspecified atom stereocenters. The molecule has 0 heterocycles. The maximum Gasteiger partial charge on any atom is 1.00 e. The predicted molar refractivity (Wildman–Crippen MR) is 3.87 cm³/mol. The summed E-state index contributed by atoms with van der Waals surface area (Å²) in [5.74, 6) is 0. The fourth-order valence-corrected chi connectivity index (χ4v) is 0. The molecule has 0 aromatic heterocycles. The van der Waals surface area contributed by atoms with Crippen molar-refractivity contribution in [3.63, 3.8) is 0 Å². The fraction of sp³-hybridized carbons (Fsp3) is 0. The average molecular weight is 258 g/mol. The van der Waals surface area contributed by atoms with Gasteiger partial charge in [-0.1, -0.05) is 0 Å². The summed E-state index contributed by atoms with van der Waals surface area (Å²) in [5, 5.41) is 0. The molecular formula is H2HgNaO2. The van der Waals surface area contributed by atoms with Crippen LogP contribution in [-0.4, -0.2) is 11.0 Å². The summed E-state index contributed by atoms with van der Waals surface area (Å²) < 4.78 is 0. The van der Waals surface area contributed by atoms with E-state index in [4.69, 9.17) is 0 Å². The number of rotatable bonds is 0. The molecule has 0 aliphatic rings. The van der Waals surface area contributed by atoms with Gasteiger partial charge in [-0.05, 0) is 0 Å². The summed E-state index contributed by atoms with van der Waals surface area (Å²) in [6, 6.07) is 0. The summed E-state index contributed by atoms with van der Waals surface area (Å²) in [7, 11) is 0. The van der Waals surface area contributed by atoms with E-state index in [2.05, 4.69) is 0 Å². The smallest absolute Gasteiger partial charge is 0.870 e. The first-order valence-corrected chi connectivity index (χ1v) is 0. The Balaban J connectivity index is 0. The second-order valence-corrected chi connectivity index (χ2v) is 0. The van der Waals surface area contributed by atoms with E-state index in [0.717, 1.165) is 0 Å². The van der Waals surface area contributed by atoms with Gasteiger partial charge < -0.3 is 11.0 Å². The summed E-state index contributed by atoms with van der Waals surface area (Å²) in [6.07, 6.45) is 0. The molecule has 0 aliphatic heterocycles. The molecule has 0 rings (SSSR count). The van der Waals surface area contributed by atoms with Crippen LogP contribution >= 0.6 is 0 Å². The van der Waals surface area contributed by atoms with E-state index in [0.29, 0.717) is 0 Å². The zero-order valence-corrected chi connectivity index (χ0v) is 10.1. The molecule has 0 aromatic carbocycles. The third-order valence-electron chi connectivity index (χ3n) is 0. The van der Waals surface area contributed by atoms with Gasteiger partial charge in [0.15, 0.2) is 0 Å². The van der Waals surface area contributed by atoms with Crippen molar-refractivity contribution in [3.05, 3.63) is 0 Å². The predicted octanol–water partition coefficient (Wildman–Crippen LogP) is -3.35. The zero-order valence-electron chi connectivity index (χ0n) is 2.60. The Morgan fingerprint density at radius 2 is 0.750 bits per heavy atom. The number of hydrogen-bond acceptors (Lipinski definition) is 2. The van der Waals surface area contributed by atoms with Crippen LogP contribution in [0.1, 0.15) is 0 Å². The van der Waals surface area contributed by atoms with E-state index in [1.165, 1.54) is 0 Å². The van der Waals surface area contributed by atoms with Crippen LogP contribution in [0, 0.1) is 0 Å². The molecule has 4 heteroatoms. The van der Waals surface area contributed by atoms with Crippen molar-refractivity contribution >= 4 is 0 Å². The van der Waals surface area contributed by atoms with E-state index >= 15 is 0 Å². The molecule has 0 saturated carbocycles. The molecule has 0 spiro atoms. The maximum absolute atomic E-state index is 0. The first-order chi connectivity index (χ1) is 0. The first kappa shape index (κ1) is 40.1. The standard InChI is InChI=1S/Hg.Na.2H2O/h;;2*1H2/q2*+1;;/p-2. The topological polar surface area (TPSA) is 60.0 Å². The molecule has 0 amide bonds. The second kappa shape index (κ2) is 21.0. The van der Waals surface area contributed by atoms with Gasteiger partial charge in [-0.25, -0.2) is 0 Å². The maximum atomic E-state index is 0. The molecule has 0 atom stereocenters. The zero-order chi connectivity index (χ0) is 0. The van der Waals surface area contributed by atoms with Gasteiger partial charge >= 0.3 is 57.2 Å². The van der Waals surface area contributed by atoms with Crippen LogP contribution in [0.3, 0.4) is 0 Å². The summed E-state index contributed by atoms with van der Waals surface area (Å²) in [6.45, 7) is 0. The van der Waals surface area contributed by atoms with Crippen LogP contribution < -0.4 is 29.6 Å². The van der Waals surface area contributed by atoms with Crippen LogP contribution in [-0.2, 0) is 27.7 Å². The average Bonchev–Trinajstić information content (AvgIpc) is 0. The van der Waals surface area contributed by atoms with Gasteiger partial charge in [-0.15, -0.1) is 0 Å². The Bertz CT molecular complexity index is 6.00. The number of hydrogen-bond donors (Lipinski definition) is 0. The minimum absolute atomic E-state index is 0. The van der Waals surface area contributed by atoms with Crippen LogP contribution in [0.25, 0.3) is 0 Å². The monoisotopic (exact) mass is 259 g/mol. The minimum atomic E-state index is 0. The Kier molecular flexibility index (Phi) is 210. The molecule has 0 saturated heterocycles. The molecule has 4 heavy (non-hydrogen) atoms. The molecule has 0 aromatic rings. The van der Waals surface area contributed by atoms with Crippen molar-refractivity contribution in [2.45, 2.75) is 0 Å². The fourth-order valence-electron chi connectivity index (χ4n) is 0. The van der Waals surface area contributed by atoms with E-state index in [1.54, 1.807) is 0 Å². The Morgan fingerprint density at radius 3 is 0.750 bits per heavy atom. The molecule has 0 bridgehead atoms. The molecule has 0 aliphatic carbocycles.